The van der Waals surface area contributed by atoms with Crippen molar-refractivity contribution in [2.24, 2.45) is 0 Å². The Morgan fingerprint density at radius 3 is 1.52 bits per heavy atom. The van der Waals surface area contributed by atoms with Gasteiger partial charge in [-0.25, -0.2) is 0 Å². The highest BCUT2D eigenvalue weighted by Crippen LogP contribution is 2.09. The third-order valence-electron chi connectivity index (χ3n) is 5.51. The third kappa shape index (κ3) is 22.4. The van der Waals surface area contributed by atoms with Crippen molar-refractivity contribution in [3.05, 3.63) is 0 Å². The highest BCUT2D eigenvalue weighted by Gasteiger charge is 2.14. The molecule has 0 aliphatic carbocycles. The molecule has 0 aromatic heterocycles. The van der Waals surface area contributed by atoms with Crippen LogP contribution >= 0.6 is 0 Å². The molecule has 0 aromatic carbocycles. The Kier molecular flexibility index (Phi) is 21.9. The maximum Gasteiger partial charge on any atom is 0.306 e. The van der Waals surface area contributed by atoms with E-state index in [9.17, 15) is 9.59 Å². The predicted octanol–water partition coefficient (Wildman–Crippen LogP) is 6.77. The number of hydrogen-bond acceptors (Lipinski definition) is 6. The summed E-state index contributed by atoms with van der Waals surface area (Å²) in [6, 6.07) is 0. The maximum atomic E-state index is 11.9. The van der Waals surface area contributed by atoms with Gasteiger partial charge in [-0.2, -0.15) is 0 Å². The van der Waals surface area contributed by atoms with Crippen LogP contribution in [0.15, 0.2) is 0 Å². The summed E-state index contributed by atoms with van der Waals surface area (Å²) >= 11 is 0. The van der Waals surface area contributed by atoms with Crippen molar-refractivity contribution < 1.29 is 28.5 Å². The lowest BCUT2D eigenvalue weighted by atomic mass is 10.1. The lowest BCUT2D eigenvalue weighted by Gasteiger charge is -2.20. The first-order chi connectivity index (χ1) is 15.9. The fraction of sp³-hybridized carbons (Fsp3) is 0.926. The van der Waals surface area contributed by atoms with Crippen molar-refractivity contribution in [2.45, 2.75) is 143 Å². The average molecular weight is 473 g/mol. The van der Waals surface area contributed by atoms with E-state index in [1.807, 2.05) is 20.8 Å². The molecule has 3 atom stereocenters. The number of esters is 2. The van der Waals surface area contributed by atoms with E-state index in [1.54, 1.807) is 0 Å². The molecule has 0 radical (unpaired) electrons. The van der Waals surface area contributed by atoms with Gasteiger partial charge in [0, 0.05) is 12.8 Å². The number of rotatable bonds is 23. The monoisotopic (exact) mass is 472 g/mol. The van der Waals surface area contributed by atoms with Crippen LogP contribution in [-0.4, -0.2) is 50.1 Å². The quantitative estimate of drug-likeness (QED) is 0.121. The van der Waals surface area contributed by atoms with Crippen LogP contribution in [-0.2, 0) is 28.5 Å². The van der Waals surface area contributed by atoms with Gasteiger partial charge in [-0.05, 0) is 33.6 Å². The van der Waals surface area contributed by atoms with Crippen LogP contribution in [0.1, 0.15) is 125 Å². The summed E-state index contributed by atoms with van der Waals surface area (Å²) < 4.78 is 22.2. The summed E-state index contributed by atoms with van der Waals surface area (Å²) in [5.41, 5.74) is 0. The first-order valence-electron chi connectivity index (χ1n) is 13.5. The molecule has 0 amide bonds. The van der Waals surface area contributed by atoms with Crippen LogP contribution in [0.5, 0.6) is 0 Å². The molecule has 6 heteroatoms. The van der Waals surface area contributed by atoms with E-state index in [0.717, 1.165) is 25.7 Å². The Bertz CT molecular complexity index is 468. The van der Waals surface area contributed by atoms with Gasteiger partial charge in [0.15, 0.2) is 0 Å². The third-order valence-corrected chi connectivity index (χ3v) is 5.51. The highest BCUT2D eigenvalue weighted by atomic mass is 16.6. The van der Waals surface area contributed by atoms with Gasteiger partial charge in [-0.3, -0.25) is 9.59 Å². The van der Waals surface area contributed by atoms with E-state index in [1.165, 1.54) is 51.4 Å². The zero-order valence-corrected chi connectivity index (χ0v) is 22.2. The topological polar surface area (TPSA) is 71.1 Å². The zero-order valence-electron chi connectivity index (χ0n) is 22.2. The second-order valence-corrected chi connectivity index (χ2v) is 9.31. The van der Waals surface area contributed by atoms with Gasteiger partial charge in [-0.15, -0.1) is 0 Å². The average Bonchev–Trinajstić information content (AvgIpc) is 2.79. The Labute approximate surface area is 203 Å². The summed E-state index contributed by atoms with van der Waals surface area (Å²) in [7, 11) is 0. The summed E-state index contributed by atoms with van der Waals surface area (Å²) in [5.74, 6) is -0.302. The summed E-state index contributed by atoms with van der Waals surface area (Å²) in [4.78, 5) is 23.7. The molecule has 6 nitrogen and oxygen atoms in total. The SMILES string of the molecule is CCCCCCCCC(=O)OCC(C)OCC(C)OCC(C)OC(=O)CCCCCCCC. The van der Waals surface area contributed by atoms with Gasteiger partial charge < -0.3 is 18.9 Å². The maximum absolute atomic E-state index is 11.9. The van der Waals surface area contributed by atoms with Crippen LogP contribution in [0.4, 0.5) is 0 Å². The molecule has 0 bridgehead atoms. The fourth-order valence-corrected chi connectivity index (χ4v) is 3.39. The fourth-order valence-electron chi connectivity index (χ4n) is 3.39. The molecule has 0 saturated heterocycles. The van der Waals surface area contributed by atoms with Crippen molar-refractivity contribution >= 4 is 11.9 Å². The van der Waals surface area contributed by atoms with Crippen LogP contribution in [0.2, 0.25) is 0 Å². The molecule has 196 valence electrons. The highest BCUT2D eigenvalue weighted by molar-refractivity contribution is 5.69. The number of hydrogen-bond donors (Lipinski definition) is 0. The van der Waals surface area contributed by atoms with Gasteiger partial charge in [0.2, 0.25) is 0 Å². The number of unbranched alkanes of at least 4 members (excludes halogenated alkanes) is 10. The molecule has 0 heterocycles. The predicted molar refractivity (Wildman–Crippen MR) is 133 cm³/mol. The molecule has 0 fully saturated rings. The summed E-state index contributed by atoms with van der Waals surface area (Å²) in [5, 5.41) is 0. The van der Waals surface area contributed by atoms with E-state index in [0.29, 0.717) is 26.1 Å². The van der Waals surface area contributed by atoms with Crippen LogP contribution in [0.3, 0.4) is 0 Å². The van der Waals surface area contributed by atoms with E-state index in [-0.39, 0.29) is 36.9 Å². The largest absolute Gasteiger partial charge is 0.463 e. The summed E-state index contributed by atoms with van der Waals surface area (Å²) in [6.45, 7) is 11.0. The number of ether oxygens (including phenoxy) is 4. The van der Waals surface area contributed by atoms with Crippen molar-refractivity contribution in [2.75, 3.05) is 19.8 Å². The smallest absolute Gasteiger partial charge is 0.306 e. The van der Waals surface area contributed by atoms with Gasteiger partial charge in [0.05, 0.1) is 25.4 Å². The second-order valence-electron chi connectivity index (χ2n) is 9.31. The minimum Gasteiger partial charge on any atom is -0.463 e. The number of carbonyl (C=O) groups excluding carboxylic acids is 2. The number of carbonyl (C=O) groups is 2. The van der Waals surface area contributed by atoms with E-state index < -0.39 is 0 Å². The van der Waals surface area contributed by atoms with E-state index in [2.05, 4.69) is 13.8 Å². The Balaban J connectivity index is 3.70. The normalized spacial score (nSPS) is 14.0. The minimum absolute atomic E-state index is 0.133. The summed E-state index contributed by atoms with van der Waals surface area (Å²) in [6.07, 6.45) is 14.2. The molecular formula is C27H52O6. The standard InChI is InChI=1S/C27H52O6/c1-6-8-10-12-14-16-18-26(28)32-21-24(4)30-20-23(3)31-22-25(5)33-27(29)19-17-15-13-11-9-7-2/h23-25H,6-22H2,1-5H3. The molecule has 3 unspecified atom stereocenters. The lowest BCUT2D eigenvalue weighted by Crippen LogP contribution is -2.28. The molecule has 0 aliphatic rings. The lowest BCUT2D eigenvalue weighted by molar-refractivity contribution is -0.154. The van der Waals surface area contributed by atoms with Crippen LogP contribution in [0, 0.1) is 0 Å². The van der Waals surface area contributed by atoms with Crippen molar-refractivity contribution in [1.29, 1.82) is 0 Å². The van der Waals surface area contributed by atoms with Gasteiger partial charge in [-0.1, -0.05) is 78.1 Å². The Hall–Kier alpha value is -1.14. The molecule has 33 heavy (non-hydrogen) atoms. The molecular weight excluding hydrogens is 420 g/mol. The van der Waals surface area contributed by atoms with Crippen molar-refractivity contribution in [1.82, 2.24) is 0 Å². The van der Waals surface area contributed by atoms with Gasteiger partial charge in [0.1, 0.15) is 12.7 Å². The second kappa shape index (κ2) is 22.6. The Morgan fingerprint density at radius 1 is 0.545 bits per heavy atom. The van der Waals surface area contributed by atoms with Gasteiger partial charge in [0.25, 0.3) is 0 Å². The van der Waals surface area contributed by atoms with Crippen LogP contribution < -0.4 is 0 Å². The van der Waals surface area contributed by atoms with Crippen molar-refractivity contribution in [3.63, 3.8) is 0 Å². The first-order valence-corrected chi connectivity index (χ1v) is 13.5. The zero-order chi connectivity index (χ0) is 24.7. The molecule has 0 N–H and O–H groups in total. The van der Waals surface area contributed by atoms with E-state index >= 15 is 0 Å². The van der Waals surface area contributed by atoms with Crippen LogP contribution in [0.25, 0.3) is 0 Å². The van der Waals surface area contributed by atoms with E-state index in [4.69, 9.17) is 18.9 Å². The molecule has 0 spiro atoms. The van der Waals surface area contributed by atoms with Gasteiger partial charge >= 0.3 is 11.9 Å². The molecule has 0 aliphatic heterocycles. The first kappa shape index (κ1) is 31.9. The molecule has 0 rings (SSSR count). The van der Waals surface area contributed by atoms with Crippen molar-refractivity contribution in [3.8, 4) is 0 Å². The minimum atomic E-state index is -0.277. The molecule has 0 aromatic rings. The molecule has 0 saturated carbocycles. The Morgan fingerprint density at radius 2 is 0.970 bits per heavy atom.